The van der Waals surface area contributed by atoms with Crippen molar-refractivity contribution in [2.24, 2.45) is 0 Å². The first-order valence-electron chi connectivity index (χ1n) is 5.91. The summed E-state index contributed by atoms with van der Waals surface area (Å²) in [6, 6.07) is 0. The molecule has 0 aromatic heterocycles. The van der Waals surface area contributed by atoms with Crippen molar-refractivity contribution in [2.75, 3.05) is 6.61 Å². The Labute approximate surface area is 99.8 Å². The number of carbonyl (C=O) groups is 1. The molecule has 1 rings (SSSR count). The van der Waals surface area contributed by atoms with Crippen molar-refractivity contribution in [2.45, 2.75) is 64.1 Å². The van der Waals surface area contributed by atoms with Crippen molar-refractivity contribution in [3.05, 3.63) is 0 Å². The summed E-state index contributed by atoms with van der Waals surface area (Å²) in [5.74, 6) is 0. The van der Waals surface area contributed by atoms with Gasteiger partial charge in [0, 0.05) is 23.1 Å². The number of carbonyl (C=O) groups excluding carboxylic acids is 1. The zero-order chi connectivity index (χ0) is 12.6. The largest absolute Gasteiger partial charge is 0.393 e. The van der Waals surface area contributed by atoms with Gasteiger partial charge in [0.15, 0.2) is 0 Å². The number of hydrogen-bond acceptors (Lipinski definition) is 3. The van der Waals surface area contributed by atoms with Gasteiger partial charge in [0.05, 0.1) is 0 Å². The maximum Gasteiger partial charge on any atom is 0.349 e. The van der Waals surface area contributed by atoms with Crippen LogP contribution in [0.25, 0.3) is 0 Å². The molecule has 1 saturated heterocycles. The Balaban J connectivity index is 3.10. The molecule has 0 unspecified atom stereocenters. The summed E-state index contributed by atoms with van der Waals surface area (Å²) in [7, 11) is -2.40. The van der Waals surface area contributed by atoms with Crippen molar-refractivity contribution in [3.63, 3.8) is 0 Å². The Bertz CT molecular complexity index is 248. The Morgan fingerprint density at radius 2 is 1.62 bits per heavy atom. The van der Waals surface area contributed by atoms with Crippen LogP contribution >= 0.6 is 0 Å². The minimum Gasteiger partial charge on any atom is -0.393 e. The van der Waals surface area contributed by atoms with E-state index in [0.29, 0.717) is 13.0 Å². The highest BCUT2D eigenvalue weighted by Gasteiger charge is 2.60. The molecule has 1 fully saturated rings. The molecule has 1 atom stereocenters. The zero-order valence-corrected chi connectivity index (χ0v) is 12.3. The van der Waals surface area contributed by atoms with Crippen LogP contribution in [0.2, 0.25) is 10.1 Å². The molecule has 1 heterocycles. The highest BCUT2D eigenvalue weighted by atomic mass is 28.4. The second-order valence-electron chi connectivity index (χ2n) is 6.55. The van der Waals surface area contributed by atoms with Gasteiger partial charge < -0.3 is 13.6 Å². The second kappa shape index (κ2) is 4.24. The summed E-state index contributed by atoms with van der Waals surface area (Å²) in [6.45, 7) is 13.5. The first kappa shape index (κ1) is 13.9. The van der Waals surface area contributed by atoms with E-state index in [-0.39, 0.29) is 16.2 Å². The predicted octanol–water partition coefficient (Wildman–Crippen LogP) is 3.03. The number of hydrogen-bond donors (Lipinski definition) is 0. The molecule has 1 aliphatic rings. The average Bonchev–Trinajstić information content (AvgIpc) is 2.14. The molecular weight excluding hydrogens is 220 g/mol. The third-order valence-electron chi connectivity index (χ3n) is 3.15. The third kappa shape index (κ3) is 2.24. The Kier molecular flexibility index (Phi) is 3.67. The summed E-state index contributed by atoms with van der Waals surface area (Å²) < 4.78 is 12.2. The molecule has 94 valence electrons. The van der Waals surface area contributed by atoms with E-state index in [9.17, 15) is 4.79 Å². The van der Waals surface area contributed by atoms with Crippen molar-refractivity contribution < 1.29 is 13.6 Å². The van der Waals surface area contributed by atoms with E-state index in [1.165, 1.54) is 0 Å². The quantitative estimate of drug-likeness (QED) is 0.525. The lowest BCUT2D eigenvalue weighted by atomic mass is 10.2. The van der Waals surface area contributed by atoms with Gasteiger partial charge in [0.25, 0.3) is 0 Å². The molecule has 0 N–H and O–H groups in total. The molecule has 1 aliphatic heterocycles. The maximum absolute atomic E-state index is 10.9. The molecular formula is C12H24O3Si. The Morgan fingerprint density at radius 3 is 2.00 bits per heavy atom. The van der Waals surface area contributed by atoms with Crippen LogP contribution in [0.15, 0.2) is 0 Å². The number of rotatable bonds is 1. The minimum atomic E-state index is -2.40. The van der Waals surface area contributed by atoms with Gasteiger partial charge in [-0.25, -0.2) is 0 Å². The zero-order valence-electron chi connectivity index (χ0n) is 11.3. The van der Waals surface area contributed by atoms with Gasteiger partial charge in [-0.3, -0.25) is 0 Å². The first-order chi connectivity index (χ1) is 7.14. The van der Waals surface area contributed by atoms with Crippen LogP contribution in [-0.2, 0) is 13.6 Å². The topological polar surface area (TPSA) is 35.5 Å². The summed E-state index contributed by atoms with van der Waals surface area (Å²) >= 11 is 0. The fourth-order valence-electron chi connectivity index (χ4n) is 2.63. The fourth-order valence-corrected chi connectivity index (χ4v) is 7.53. The monoisotopic (exact) mass is 244 g/mol. The molecule has 0 amide bonds. The van der Waals surface area contributed by atoms with Crippen LogP contribution in [-0.4, -0.2) is 27.6 Å². The van der Waals surface area contributed by atoms with Crippen LogP contribution < -0.4 is 0 Å². The number of aldehydes is 1. The molecule has 0 saturated carbocycles. The smallest absolute Gasteiger partial charge is 0.349 e. The van der Waals surface area contributed by atoms with Gasteiger partial charge in [-0.1, -0.05) is 41.5 Å². The Morgan fingerprint density at radius 1 is 1.12 bits per heavy atom. The Hall–Kier alpha value is -0.193. The summed E-state index contributed by atoms with van der Waals surface area (Å²) in [5, 5.41) is -0.0696. The van der Waals surface area contributed by atoms with Gasteiger partial charge in [0.2, 0.25) is 0 Å². The van der Waals surface area contributed by atoms with E-state index in [0.717, 1.165) is 6.29 Å². The highest BCUT2D eigenvalue weighted by molar-refractivity contribution is 6.73. The summed E-state index contributed by atoms with van der Waals surface area (Å²) in [5.41, 5.74) is 0. The van der Waals surface area contributed by atoms with Crippen LogP contribution in [0.1, 0.15) is 48.0 Å². The summed E-state index contributed by atoms with van der Waals surface area (Å²) in [4.78, 5) is 10.9. The van der Waals surface area contributed by atoms with Crippen molar-refractivity contribution >= 4 is 14.8 Å². The lowest BCUT2D eigenvalue weighted by Gasteiger charge is -2.52. The molecule has 3 nitrogen and oxygen atoms in total. The van der Waals surface area contributed by atoms with E-state index in [1.54, 1.807) is 0 Å². The van der Waals surface area contributed by atoms with Crippen molar-refractivity contribution in [3.8, 4) is 0 Å². The van der Waals surface area contributed by atoms with Crippen LogP contribution in [0.4, 0.5) is 0 Å². The lowest BCUT2D eigenvalue weighted by molar-refractivity contribution is -0.118. The van der Waals surface area contributed by atoms with Gasteiger partial charge in [-0.05, 0) is 0 Å². The molecule has 0 bridgehead atoms. The molecule has 0 radical (unpaired) electrons. The third-order valence-corrected chi connectivity index (χ3v) is 8.35. The van der Waals surface area contributed by atoms with Gasteiger partial charge in [-0.15, -0.1) is 0 Å². The molecule has 4 heteroatoms. The van der Waals surface area contributed by atoms with E-state index >= 15 is 0 Å². The van der Waals surface area contributed by atoms with Crippen molar-refractivity contribution in [1.29, 1.82) is 0 Å². The second-order valence-corrected chi connectivity index (χ2v) is 11.3. The lowest BCUT2D eigenvalue weighted by Crippen LogP contribution is -2.61. The normalized spacial score (nSPS) is 26.5. The fraction of sp³-hybridized carbons (Fsp3) is 0.917. The van der Waals surface area contributed by atoms with Gasteiger partial charge >= 0.3 is 8.56 Å². The van der Waals surface area contributed by atoms with Crippen LogP contribution in [0.3, 0.4) is 0 Å². The first-order valence-corrected chi connectivity index (χ1v) is 7.73. The van der Waals surface area contributed by atoms with E-state index in [1.807, 2.05) is 0 Å². The van der Waals surface area contributed by atoms with E-state index in [2.05, 4.69) is 41.5 Å². The van der Waals surface area contributed by atoms with Gasteiger partial charge in [0.1, 0.15) is 12.4 Å². The molecule has 0 aromatic carbocycles. The average molecular weight is 244 g/mol. The molecule has 0 aromatic rings. The SMILES string of the molecule is CC(C)(C)[Si]1(C(C)(C)C)OCC[C@H](C=O)O1. The van der Waals surface area contributed by atoms with E-state index in [4.69, 9.17) is 8.85 Å². The minimum absolute atomic E-state index is 0.0348. The maximum atomic E-state index is 10.9. The summed E-state index contributed by atoms with van der Waals surface area (Å²) in [6.07, 6.45) is 1.32. The van der Waals surface area contributed by atoms with Crippen molar-refractivity contribution in [1.82, 2.24) is 0 Å². The molecule has 16 heavy (non-hydrogen) atoms. The van der Waals surface area contributed by atoms with E-state index < -0.39 is 8.56 Å². The standard InChI is InChI=1S/C12H24O3Si/c1-11(2,3)16(12(4,5)6)14-8-7-10(9-13)15-16/h9-10H,7-8H2,1-6H3/t10-/m1/s1. The highest BCUT2D eigenvalue weighted by Crippen LogP contribution is 2.53. The van der Waals surface area contributed by atoms with Crippen LogP contribution in [0.5, 0.6) is 0 Å². The van der Waals surface area contributed by atoms with Crippen LogP contribution in [0, 0.1) is 0 Å². The predicted molar refractivity (Wildman–Crippen MR) is 66.7 cm³/mol. The molecule has 0 spiro atoms. The molecule has 0 aliphatic carbocycles. The van der Waals surface area contributed by atoms with Gasteiger partial charge in [-0.2, -0.15) is 0 Å².